The second-order valence-electron chi connectivity index (χ2n) is 3.89. The molecule has 0 amide bonds. The first-order valence-corrected chi connectivity index (χ1v) is 6.09. The van der Waals surface area contributed by atoms with Crippen molar-refractivity contribution in [2.24, 2.45) is 0 Å². The zero-order valence-corrected chi connectivity index (χ0v) is 10.9. The number of ether oxygens (including phenoxy) is 2. The van der Waals surface area contributed by atoms with Gasteiger partial charge in [0.25, 0.3) is 0 Å². The van der Waals surface area contributed by atoms with Gasteiger partial charge in [-0.3, -0.25) is 0 Å². The third kappa shape index (κ3) is 8.03. The minimum Gasteiger partial charge on any atom is -0.382 e. The first-order chi connectivity index (χ1) is 7.18. The van der Waals surface area contributed by atoms with Gasteiger partial charge in [0.1, 0.15) is 0 Å². The lowest BCUT2D eigenvalue weighted by atomic mass is 9.95. The van der Waals surface area contributed by atoms with E-state index in [2.05, 4.69) is 19.2 Å². The van der Waals surface area contributed by atoms with E-state index in [0.717, 1.165) is 26.0 Å². The third-order valence-corrected chi connectivity index (χ3v) is 2.85. The van der Waals surface area contributed by atoms with E-state index < -0.39 is 0 Å². The average Bonchev–Trinajstić information content (AvgIpc) is 2.24. The summed E-state index contributed by atoms with van der Waals surface area (Å²) < 4.78 is 10.3. The van der Waals surface area contributed by atoms with Crippen molar-refractivity contribution in [3.05, 3.63) is 0 Å². The standard InChI is InChI=1S/C11H24ClNO2/c1-4-11(2,5-6-12)13-7-8-15-10-9-14-3/h13H,4-10H2,1-3H3. The van der Waals surface area contributed by atoms with Crippen molar-refractivity contribution in [3.63, 3.8) is 0 Å². The van der Waals surface area contributed by atoms with Crippen LogP contribution in [0.3, 0.4) is 0 Å². The van der Waals surface area contributed by atoms with Gasteiger partial charge in [0.15, 0.2) is 0 Å². The Morgan fingerprint density at radius 2 is 2.00 bits per heavy atom. The van der Waals surface area contributed by atoms with Crippen LogP contribution < -0.4 is 5.32 Å². The molecule has 0 spiro atoms. The van der Waals surface area contributed by atoms with Crippen LogP contribution in [0.15, 0.2) is 0 Å². The molecule has 15 heavy (non-hydrogen) atoms. The molecule has 0 heterocycles. The Balaban J connectivity index is 3.46. The molecule has 0 aromatic heterocycles. The van der Waals surface area contributed by atoms with Crippen LogP contribution in [0.5, 0.6) is 0 Å². The molecular weight excluding hydrogens is 214 g/mol. The summed E-state index contributed by atoms with van der Waals surface area (Å²) in [5.74, 6) is 0.696. The Morgan fingerprint density at radius 3 is 2.53 bits per heavy atom. The molecule has 1 N–H and O–H groups in total. The van der Waals surface area contributed by atoms with E-state index in [1.54, 1.807) is 7.11 Å². The van der Waals surface area contributed by atoms with Gasteiger partial charge in [0.05, 0.1) is 19.8 Å². The van der Waals surface area contributed by atoms with Crippen molar-refractivity contribution < 1.29 is 9.47 Å². The van der Waals surface area contributed by atoms with Crippen LogP contribution in [0.2, 0.25) is 0 Å². The number of rotatable bonds is 10. The Morgan fingerprint density at radius 1 is 1.27 bits per heavy atom. The molecule has 1 unspecified atom stereocenters. The molecule has 0 radical (unpaired) electrons. The van der Waals surface area contributed by atoms with E-state index in [4.69, 9.17) is 21.1 Å². The van der Waals surface area contributed by atoms with Crippen LogP contribution >= 0.6 is 11.6 Å². The minimum atomic E-state index is 0.145. The highest BCUT2D eigenvalue weighted by Gasteiger charge is 2.19. The predicted octanol–water partition coefficient (Wildman–Crippen LogP) is 2.04. The van der Waals surface area contributed by atoms with Crippen LogP contribution in [-0.4, -0.2) is 44.9 Å². The molecule has 0 saturated carbocycles. The number of alkyl halides is 1. The summed E-state index contributed by atoms with van der Waals surface area (Å²) >= 11 is 5.76. The largest absolute Gasteiger partial charge is 0.382 e. The van der Waals surface area contributed by atoms with Gasteiger partial charge in [0, 0.05) is 25.1 Å². The minimum absolute atomic E-state index is 0.145. The molecule has 92 valence electrons. The van der Waals surface area contributed by atoms with E-state index in [1.807, 2.05) is 0 Å². The van der Waals surface area contributed by atoms with Crippen LogP contribution in [-0.2, 0) is 9.47 Å². The fourth-order valence-corrected chi connectivity index (χ4v) is 1.69. The molecule has 0 saturated heterocycles. The molecule has 0 fully saturated rings. The van der Waals surface area contributed by atoms with E-state index in [0.29, 0.717) is 19.1 Å². The van der Waals surface area contributed by atoms with Gasteiger partial charge in [-0.2, -0.15) is 0 Å². The van der Waals surface area contributed by atoms with Crippen molar-refractivity contribution in [2.75, 3.05) is 39.4 Å². The maximum Gasteiger partial charge on any atom is 0.0700 e. The van der Waals surface area contributed by atoms with Gasteiger partial charge >= 0.3 is 0 Å². The topological polar surface area (TPSA) is 30.5 Å². The molecule has 0 aliphatic carbocycles. The van der Waals surface area contributed by atoms with Crippen molar-refractivity contribution >= 4 is 11.6 Å². The fraction of sp³-hybridized carbons (Fsp3) is 1.00. The summed E-state index contributed by atoms with van der Waals surface area (Å²) in [6.07, 6.45) is 2.07. The van der Waals surface area contributed by atoms with Crippen LogP contribution in [0, 0.1) is 0 Å². The van der Waals surface area contributed by atoms with Crippen LogP contribution in [0.25, 0.3) is 0 Å². The van der Waals surface area contributed by atoms with Crippen molar-refractivity contribution in [1.82, 2.24) is 5.32 Å². The molecule has 3 nitrogen and oxygen atoms in total. The second kappa shape index (κ2) is 9.40. The van der Waals surface area contributed by atoms with Gasteiger partial charge in [-0.05, 0) is 19.8 Å². The predicted molar refractivity (Wildman–Crippen MR) is 64.7 cm³/mol. The summed E-state index contributed by atoms with van der Waals surface area (Å²) in [6.45, 7) is 7.28. The van der Waals surface area contributed by atoms with Gasteiger partial charge in [-0.1, -0.05) is 6.92 Å². The summed E-state index contributed by atoms with van der Waals surface area (Å²) in [4.78, 5) is 0. The normalized spacial score (nSPS) is 15.2. The number of halogens is 1. The Hall–Kier alpha value is 0.170. The maximum atomic E-state index is 5.76. The van der Waals surface area contributed by atoms with Crippen LogP contribution in [0.4, 0.5) is 0 Å². The lowest BCUT2D eigenvalue weighted by Gasteiger charge is -2.29. The van der Waals surface area contributed by atoms with Crippen molar-refractivity contribution in [2.45, 2.75) is 32.2 Å². The van der Waals surface area contributed by atoms with Gasteiger partial charge in [-0.25, -0.2) is 0 Å². The smallest absolute Gasteiger partial charge is 0.0700 e. The highest BCUT2D eigenvalue weighted by Crippen LogP contribution is 2.14. The maximum absolute atomic E-state index is 5.76. The average molecular weight is 238 g/mol. The number of nitrogens with one attached hydrogen (secondary N) is 1. The Bertz CT molecular complexity index is 147. The molecule has 1 atom stereocenters. The monoisotopic (exact) mass is 237 g/mol. The molecular formula is C11H24ClNO2. The lowest BCUT2D eigenvalue weighted by Crippen LogP contribution is -2.43. The Labute approximate surface area is 98.5 Å². The second-order valence-corrected chi connectivity index (χ2v) is 4.26. The van der Waals surface area contributed by atoms with E-state index in [9.17, 15) is 0 Å². The molecule has 0 aliphatic rings. The highest BCUT2D eigenvalue weighted by atomic mass is 35.5. The van der Waals surface area contributed by atoms with E-state index in [1.165, 1.54) is 0 Å². The van der Waals surface area contributed by atoms with E-state index in [-0.39, 0.29) is 5.54 Å². The molecule has 0 aromatic carbocycles. The fourth-order valence-electron chi connectivity index (χ4n) is 1.27. The van der Waals surface area contributed by atoms with E-state index >= 15 is 0 Å². The number of hydrogen-bond donors (Lipinski definition) is 1. The van der Waals surface area contributed by atoms with Crippen molar-refractivity contribution in [3.8, 4) is 0 Å². The van der Waals surface area contributed by atoms with Gasteiger partial charge in [0.2, 0.25) is 0 Å². The zero-order valence-electron chi connectivity index (χ0n) is 10.1. The van der Waals surface area contributed by atoms with Gasteiger partial charge < -0.3 is 14.8 Å². The summed E-state index contributed by atoms with van der Waals surface area (Å²) in [7, 11) is 1.68. The lowest BCUT2D eigenvalue weighted by molar-refractivity contribution is 0.0689. The molecule has 0 bridgehead atoms. The van der Waals surface area contributed by atoms with Crippen LogP contribution in [0.1, 0.15) is 26.7 Å². The van der Waals surface area contributed by atoms with Crippen molar-refractivity contribution in [1.29, 1.82) is 0 Å². The third-order valence-electron chi connectivity index (χ3n) is 2.66. The number of methoxy groups -OCH3 is 1. The molecule has 0 aliphatic heterocycles. The summed E-state index contributed by atoms with van der Waals surface area (Å²) in [6, 6.07) is 0. The summed E-state index contributed by atoms with van der Waals surface area (Å²) in [5.41, 5.74) is 0.145. The van der Waals surface area contributed by atoms with Gasteiger partial charge in [-0.15, -0.1) is 11.6 Å². The Kier molecular flexibility index (Phi) is 9.51. The first-order valence-electron chi connectivity index (χ1n) is 5.56. The molecule has 0 aromatic rings. The molecule has 4 heteroatoms. The summed E-state index contributed by atoms with van der Waals surface area (Å²) in [5, 5.41) is 3.47. The SMILES string of the molecule is CCC(C)(CCCl)NCCOCCOC. The highest BCUT2D eigenvalue weighted by molar-refractivity contribution is 6.17. The number of hydrogen-bond acceptors (Lipinski definition) is 3. The zero-order chi connectivity index (χ0) is 11.6. The quantitative estimate of drug-likeness (QED) is 0.466. The molecule has 0 rings (SSSR count). The first kappa shape index (κ1) is 15.2.